The van der Waals surface area contributed by atoms with Crippen LogP contribution >= 0.6 is 0 Å². The van der Waals surface area contributed by atoms with Gasteiger partial charge in [0.2, 0.25) is 15.9 Å². The zero-order valence-corrected chi connectivity index (χ0v) is 24.9. The van der Waals surface area contributed by atoms with E-state index in [0.717, 1.165) is 23.7 Å². The van der Waals surface area contributed by atoms with Gasteiger partial charge in [0, 0.05) is 19.6 Å². The second-order valence-electron chi connectivity index (χ2n) is 10.8. The van der Waals surface area contributed by atoms with Gasteiger partial charge in [-0.05, 0) is 48.1 Å². The van der Waals surface area contributed by atoms with Crippen LogP contribution in [0, 0.1) is 0 Å². The van der Waals surface area contributed by atoms with Gasteiger partial charge in [0.05, 0.1) is 44.1 Å². The Labute approximate surface area is 250 Å². The van der Waals surface area contributed by atoms with Gasteiger partial charge < -0.3 is 25.2 Å². The molecule has 9 nitrogen and oxygen atoms in total. The van der Waals surface area contributed by atoms with Crippen LogP contribution in [0.3, 0.4) is 0 Å². The summed E-state index contributed by atoms with van der Waals surface area (Å²) in [6.45, 7) is 0.259. The molecule has 1 aliphatic heterocycles. The van der Waals surface area contributed by atoms with Crippen LogP contribution in [-0.4, -0.2) is 81.2 Å². The molecule has 1 heterocycles. The van der Waals surface area contributed by atoms with Gasteiger partial charge in [-0.15, -0.1) is 0 Å². The highest BCUT2D eigenvalue weighted by molar-refractivity contribution is 7.89. The summed E-state index contributed by atoms with van der Waals surface area (Å²) in [7, 11) is -1.76. The summed E-state index contributed by atoms with van der Waals surface area (Å²) in [5.74, 6) is -1.22. The minimum absolute atomic E-state index is 0.0917. The lowest BCUT2D eigenvalue weighted by atomic mass is 9.99. The first-order valence-electron chi connectivity index (χ1n) is 14.1. The van der Waals surface area contributed by atoms with Crippen LogP contribution in [0.25, 0.3) is 0 Å². The number of hydrogen-bond acceptors (Lipinski definition) is 7. The third kappa shape index (κ3) is 8.79. The number of aliphatic hydroxyl groups is 1. The molecule has 0 spiro atoms. The molecule has 236 valence electrons. The summed E-state index contributed by atoms with van der Waals surface area (Å²) in [6, 6.07) is 12.6. The Balaban J connectivity index is 1.63. The van der Waals surface area contributed by atoms with E-state index in [9.17, 15) is 31.5 Å². The van der Waals surface area contributed by atoms with Crippen LogP contribution in [0.15, 0.2) is 60.7 Å². The molecule has 13 heteroatoms. The number of amides is 1. The fraction of sp³-hybridized carbons (Fsp3) is 0.500. The van der Waals surface area contributed by atoms with Gasteiger partial charge in [-0.25, -0.2) is 8.42 Å². The molecule has 1 amide bonds. The molecule has 2 aliphatic rings. The van der Waals surface area contributed by atoms with Gasteiger partial charge in [0.15, 0.2) is 0 Å². The number of carbonyl (C=O) groups excluding carboxylic acids is 1. The number of nitrogens with one attached hydrogen (secondary N) is 2. The number of β-amino-alcohol motifs (C(OH)–C–C–N with tert-alkyl or cyclic N) is 1. The van der Waals surface area contributed by atoms with Crippen molar-refractivity contribution in [2.45, 2.75) is 62.2 Å². The molecule has 4 rings (SSSR count). The average Bonchev–Trinajstić information content (AvgIpc) is 3.32. The monoisotopic (exact) mass is 625 g/mol. The first kappa shape index (κ1) is 32.9. The number of nitrogens with zero attached hydrogens (tertiary/aromatic N) is 1. The van der Waals surface area contributed by atoms with Crippen molar-refractivity contribution in [1.82, 2.24) is 14.9 Å². The van der Waals surface area contributed by atoms with Crippen LogP contribution in [0.1, 0.15) is 48.1 Å². The van der Waals surface area contributed by atoms with Crippen LogP contribution < -0.4 is 15.4 Å². The minimum Gasteiger partial charge on any atom is -0.497 e. The molecular formula is C30H38F3N3O6S. The van der Waals surface area contributed by atoms with Crippen molar-refractivity contribution in [3.63, 3.8) is 0 Å². The van der Waals surface area contributed by atoms with Crippen molar-refractivity contribution in [2.75, 3.05) is 33.1 Å². The molecule has 5 atom stereocenters. The summed E-state index contributed by atoms with van der Waals surface area (Å²) in [6.07, 6.45) is -3.57. The zero-order valence-electron chi connectivity index (χ0n) is 24.1. The number of rotatable bonds is 7. The number of benzene rings is 2. The summed E-state index contributed by atoms with van der Waals surface area (Å²) in [5, 5.41) is 17.5. The number of methoxy groups -OCH3 is 1. The number of ether oxygens (including phenoxy) is 2. The highest BCUT2D eigenvalue weighted by Gasteiger charge is 2.37. The van der Waals surface area contributed by atoms with E-state index in [0.29, 0.717) is 16.5 Å². The van der Waals surface area contributed by atoms with Gasteiger partial charge in [0.1, 0.15) is 11.8 Å². The molecule has 0 saturated carbocycles. The second-order valence-corrected chi connectivity index (χ2v) is 13.0. The number of hydrogen-bond donors (Lipinski definition) is 3. The normalized spacial score (nSPS) is 26.2. The van der Waals surface area contributed by atoms with E-state index < -0.39 is 52.5 Å². The Morgan fingerprint density at radius 1 is 1.12 bits per heavy atom. The Morgan fingerprint density at radius 2 is 1.86 bits per heavy atom. The SMILES string of the molecule is COc1ccc2c(c1)[C@@H]1C[C@H]2OC/C=C\C[C@H](N(C)S(=O)(=O)CCC(F)(F)F)C(=O)N[C@@H](Cc2ccccc2)[C@H](O)CN1. The van der Waals surface area contributed by atoms with Gasteiger partial charge >= 0.3 is 6.18 Å². The van der Waals surface area contributed by atoms with E-state index >= 15 is 0 Å². The number of halogens is 3. The van der Waals surface area contributed by atoms with Crippen LogP contribution in [0.2, 0.25) is 0 Å². The molecule has 43 heavy (non-hydrogen) atoms. The highest BCUT2D eigenvalue weighted by atomic mass is 32.2. The maximum atomic E-state index is 13.6. The van der Waals surface area contributed by atoms with Gasteiger partial charge in [-0.2, -0.15) is 17.5 Å². The molecule has 2 aromatic rings. The van der Waals surface area contributed by atoms with E-state index in [2.05, 4.69) is 10.6 Å². The van der Waals surface area contributed by atoms with E-state index in [1.54, 1.807) is 19.3 Å². The third-order valence-corrected chi connectivity index (χ3v) is 9.73. The average molecular weight is 626 g/mol. The minimum atomic E-state index is -4.67. The maximum Gasteiger partial charge on any atom is 0.390 e. The number of fused-ring (bicyclic) bond motifs is 5. The van der Waals surface area contributed by atoms with Crippen LogP contribution in [0.5, 0.6) is 5.75 Å². The first-order chi connectivity index (χ1) is 20.4. The number of sulfonamides is 1. The molecular weight excluding hydrogens is 587 g/mol. The first-order valence-corrected chi connectivity index (χ1v) is 15.7. The standard InChI is InChI=1S/C30H38F3N3O6S/c1-36(43(39,40)15-13-30(31,32)33)26-10-6-7-14-42-28-18-24(23-17-21(41-2)11-12-22(23)28)34-19-27(37)25(35-29(26)38)16-20-8-4-3-5-9-20/h3-9,11-12,17,24-28,34,37H,10,13-16,18-19H2,1-2H3,(H,35,38)/b7-6-/t24-,25-,26-,27+,28+/m0/s1. The molecule has 0 radical (unpaired) electrons. The van der Waals surface area contributed by atoms with Crippen molar-refractivity contribution in [3.8, 4) is 5.75 Å². The Bertz CT molecular complexity index is 1370. The topological polar surface area (TPSA) is 117 Å². The molecule has 0 unspecified atom stereocenters. The predicted octanol–water partition coefficient (Wildman–Crippen LogP) is 3.42. The predicted molar refractivity (Wildman–Crippen MR) is 155 cm³/mol. The summed E-state index contributed by atoms with van der Waals surface area (Å²) >= 11 is 0. The van der Waals surface area contributed by atoms with Gasteiger partial charge in [0.25, 0.3) is 0 Å². The summed E-state index contributed by atoms with van der Waals surface area (Å²) < 4.78 is 76.5. The molecule has 0 fully saturated rings. The fourth-order valence-corrected chi connectivity index (χ4v) is 6.74. The van der Waals surface area contributed by atoms with Crippen molar-refractivity contribution in [3.05, 3.63) is 77.4 Å². The largest absolute Gasteiger partial charge is 0.497 e. The van der Waals surface area contributed by atoms with Crippen molar-refractivity contribution < 1.29 is 41.0 Å². The van der Waals surface area contributed by atoms with Crippen LogP contribution in [-0.2, 0) is 26.0 Å². The summed E-state index contributed by atoms with van der Waals surface area (Å²) in [4.78, 5) is 13.6. The zero-order chi connectivity index (χ0) is 31.2. The third-order valence-electron chi connectivity index (χ3n) is 7.87. The lowest BCUT2D eigenvalue weighted by Gasteiger charge is -2.31. The second kappa shape index (κ2) is 14.2. The number of alkyl halides is 3. The van der Waals surface area contributed by atoms with E-state index in [4.69, 9.17) is 9.47 Å². The molecule has 2 aromatic carbocycles. The van der Waals surface area contributed by atoms with E-state index in [1.165, 1.54) is 0 Å². The quantitative estimate of drug-likeness (QED) is 0.404. The summed E-state index contributed by atoms with van der Waals surface area (Å²) in [5.41, 5.74) is 2.80. The van der Waals surface area contributed by atoms with Gasteiger partial charge in [-0.3, -0.25) is 4.79 Å². The number of aliphatic hydroxyl groups excluding tert-OH is 1. The molecule has 3 N–H and O–H groups in total. The van der Waals surface area contributed by atoms with Gasteiger partial charge in [-0.1, -0.05) is 48.6 Å². The maximum absolute atomic E-state index is 13.6. The Kier molecular flexibility index (Phi) is 10.9. The highest BCUT2D eigenvalue weighted by Crippen LogP contribution is 2.42. The Hall–Kier alpha value is -2.97. The smallest absolute Gasteiger partial charge is 0.390 e. The van der Waals surface area contributed by atoms with Crippen molar-refractivity contribution in [1.29, 1.82) is 0 Å². The van der Waals surface area contributed by atoms with Crippen LogP contribution in [0.4, 0.5) is 13.2 Å². The van der Waals surface area contributed by atoms with Crippen molar-refractivity contribution >= 4 is 15.9 Å². The molecule has 2 bridgehead atoms. The fourth-order valence-electron chi connectivity index (χ4n) is 5.40. The molecule has 0 aromatic heterocycles. The van der Waals surface area contributed by atoms with E-state index in [1.807, 2.05) is 48.5 Å². The van der Waals surface area contributed by atoms with E-state index in [-0.39, 0.29) is 38.1 Å². The lowest BCUT2D eigenvalue weighted by Crippen LogP contribution is -2.55. The lowest BCUT2D eigenvalue weighted by molar-refractivity contribution is -0.130. The number of carbonyl (C=O) groups is 1. The van der Waals surface area contributed by atoms with Crippen molar-refractivity contribution in [2.24, 2.45) is 0 Å². The number of likely N-dealkylation sites (N-methyl/N-ethyl adjacent to an activating group) is 1. The Morgan fingerprint density at radius 3 is 2.56 bits per heavy atom. The molecule has 1 aliphatic carbocycles. The molecule has 0 saturated heterocycles.